The van der Waals surface area contributed by atoms with E-state index < -0.39 is 0 Å². The van der Waals surface area contributed by atoms with E-state index in [2.05, 4.69) is 20.8 Å². The molecule has 1 heterocycles. The van der Waals surface area contributed by atoms with Crippen LogP contribution in [-0.2, 0) is 0 Å². The van der Waals surface area contributed by atoms with Gasteiger partial charge in [0.05, 0.1) is 22.9 Å². The quantitative estimate of drug-likeness (QED) is 0.408. The third-order valence-corrected chi connectivity index (χ3v) is 5.23. The summed E-state index contributed by atoms with van der Waals surface area (Å²) in [5.74, 6) is 0.413. The summed E-state index contributed by atoms with van der Waals surface area (Å²) in [5.41, 5.74) is 4.23. The van der Waals surface area contributed by atoms with Gasteiger partial charge >= 0.3 is 0 Å². The van der Waals surface area contributed by atoms with Gasteiger partial charge in [0.15, 0.2) is 5.11 Å². The normalized spacial score (nSPS) is 10.7. The summed E-state index contributed by atoms with van der Waals surface area (Å²) in [4.78, 5) is 14.0. The Hall–Kier alpha value is -3.49. The molecule has 0 atom stereocenters. The van der Waals surface area contributed by atoms with Crippen LogP contribution in [0.15, 0.2) is 60.7 Å². The Labute approximate surface area is 195 Å². The van der Waals surface area contributed by atoms with Crippen LogP contribution in [0.1, 0.15) is 22.8 Å². The van der Waals surface area contributed by atoms with Gasteiger partial charge in [-0.15, -0.1) is 10.2 Å². The molecule has 0 aliphatic rings. The maximum atomic E-state index is 12.4. The van der Waals surface area contributed by atoms with Crippen molar-refractivity contribution in [1.82, 2.24) is 20.3 Å². The molecular formula is C23H20ClN5O2S. The Bertz CT molecular complexity index is 1300. The van der Waals surface area contributed by atoms with Gasteiger partial charge in [-0.3, -0.25) is 10.1 Å². The fourth-order valence-corrected chi connectivity index (χ4v) is 3.55. The summed E-state index contributed by atoms with van der Waals surface area (Å²) >= 11 is 11.4. The van der Waals surface area contributed by atoms with Crippen LogP contribution in [0.4, 0.5) is 5.69 Å². The lowest BCUT2D eigenvalue weighted by Gasteiger charge is -2.12. The highest BCUT2D eigenvalue weighted by Crippen LogP contribution is 2.23. The zero-order valence-corrected chi connectivity index (χ0v) is 19.0. The lowest BCUT2D eigenvalue weighted by atomic mass is 10.2. The van der Waals surface area contributed by atoms with Crippen LogP contribution in [0, 0.1) is 6.92 Å². The molecule has 0 bridgehead atoms. The monoisotopic (exact) mass is 465 g/mol. The molecule has 0 unspecified atom stereocenters. The topological polar surface area (TPSA) is 81.1 Å². The van der Waals surface area contributed by atoms with E-state index in [9.17, 15) is 4.79 Å². The number of carbonyl (C=O) groups is 1. The van der Waals surface area contributed by atoms with Crippen molar-refractivity contribution >= 4 is 51.6 Å². The molecule has 4 aromatic rings. The standard InChI is InChI=1S/C23H20ClN5O2S/c1-3-31-16-10-8-15(9-11-16)29-27-20-12-14(2)19(13-21(20)28-29)25-23(32)26-22(30)17-6-4-5-7-18(17)24/h4-13H,3H2,1-2H3,(H2,25,26,30,32). The third kappa shape index (κ3) is 4.71. The fourth-order valence-electron chi connectivity index (χ4n) is 3.13. The molecule has 7 nitrogen and oxygen atoms in total. The maximum absolute atomic E-state index is 12.4. The maximum Gasteiger partial charge on any atom is 0.258 e. The van der Waals surface area contributed by atoms with Crippen LogP contribution < -0.4 is 15.4 Å². The van der Waals surface area contributed by atoms with Crippen molar-refractivity contribution in [2.45, 2.75) is 13.8 Å². The Morgan fingerprint density at radius 3 is 2.47 bits per heavy atom. The van der Waals surface area contributed by atoms with Gasteiger partial charge < -0.3 is 10.1 Å². The number of nitrogens with zero attached hydrogens (tertiary/aromatic N) is 3. The van der Waals surface area contributed by atoms with E-state index in [1.807, 2.05) is 50.2 Å². The Morgan fingerprint density at radius 1 is 1.09 bits per heavy atom. The molecule has 0 saturated carbocycles. The fraction of sp³-hybridized carbons (Fsp3) is 0.130. The molecule has 162 valence electrons. The summed E-state index contributed by atoms with van der Waals surface area (Å²) in [6.07, 6.45) is 0. The molecule has 0 aliphatic heterocycles. The first-order valence-corrected chi connectivity index (χ1v) is 10.7. The summed E-state index contributed by atoms with van der Waals surface area (Å²) in [5, 5.41) is 15.3. The van der Waals surface area contributed by atoms with E-state index in [1.165, 1.54) is 0 Å². The minimum atomic E-state index is -0.381. The lowest BCUT2D eigenvalue weighted by molar-refractivity contribution is 0.0978. The molecule has 3 aromatic carbocycles. The summed E-state index contributed by atoms with van der Waals surface area (Å²) in [7, 11) is 0. The first kappa shape index (κ1) is 21.7. The smallest absolute Gasteiger partial charge is 0.258 e. The molecule has 1 aromatic heterocycles. The molecular weight excluding hydrogens is 446 g/mol. The zero-order chi connectivity index (χ0) is 22.7. The number of hydrogen-bond acceptors (Lipinski definition) is 5. The van der Waals surface area contributed by atoms with Crippen LogP contribution >= 0.6 is 23.8 Å². The van der Waals surface area contributed by atoms with E-state index in [0.717, 1.165) is 28.2 Å². The molecule has 2 N–H and O–H groups in total. The minimum absolute atomic E-state index is 0.163. The SMILES string of the molecule is CCOc1ccc(-n2nc3cc(C)c(NC(=S)NC(=O)c4ccccc4Cl)cc3n2)cc1. The first-order chi connectivity index (χ1) is 15.4. The second-order valence-electron chi connectivity index (χ2n) is 6.96. The van der Waals surface area contributed by atoms with Crippen molar-refractivity contribution in [3.8, 4) is 11.4 Å². The molecule has 4 rings (SSSR count). The van der Waals surface area contributed by atoms with Crippen molar-refractivity contribution in [1.29, 1.82) is 0 Å². The van der Waals surface area contributed by atoms with Crippen LogP contribution in [0.3, 0.4) is 0 Å². The number of halogens is 1. The highest BCUT2D eigenvalue weighted by atomic mass is 35.5. The number of hydrogen-bond donors (Lipinski definition) is 2. The molecule has 0 saturated heterocycles. The van der Waals surface area contributed by atoms with E-state index in [1.54, 1.807) is 29.1 Å². The van der Waals surface area contributed by atoms with Crippen LogP contribution in [0.5, 0.6) is 5.75 Å². The number of ether oxygens (including phenoxy) is 1. The number of carbonyl (C=O) groups excluding carboxylic acids is 1. The molecule has 32 heavy (non-hydrogen) atoms. The Morgan fingerprint density at radius 2 is 1.78 bits per heavy atom. The van der Waals surface area contributed by atoms with Gasteiger partial charge in [0, 0.05) is 5.69 Å². The number of aromatic nitrogens is 3. The van der Waals surface area contributed by atoms with E-state index in [-0.39, 0.29) is 11.0 Å². The minimum Gasteiger partial charge on any atom is -0.494 e. The van der Waals surface area contributed by atoms with Gasteiger partial charge in [0.1, 0.15) is 16.8 Å². The lowest BCUT2D eigenvalue weighted by Crippen LogP contribution is -2.34. The van der Waals surface area contributed by atoms with Gasteiger partial charge in [-0.25, -0.2) is 0 Å². The molecule has 0 radical (unpaired) electrons. The van der Waals surface area contributed by atoms with Crippen LogP contribution in [-0.4, -0.2) is 32.6 Å². The number of nitrogens with one attached hydrogen (secondary N) is 2. The van der Waals surface area contributed by atoms with Crippen LogP contribution in [0.25, 0.3) is 16.7 Å². The highest BCUT2D eigenvalue weighted by molar-refractivity contribution is 7.80. The van der Waals surface area contributed by atoms with E-state index >= 15 is 0 Å². The third-order valence-electron chi connectivity index (χ3n) is 4.70. The van der Waals surface area contributed by atoms with Crippen molar-refractivity contribution < 1.29 is 9.53 Å². The largest absolute Gasteiger partial charge is 0.494 e. The van der Waals surface area contributed by atoms with Gasteiger partial charge in [0.2, 0.25) is 0 Å². The number of aryl methyl sites for hydroxylation is 1. The Kier molecular flexibility index (Phi) is 6.34. The van der Waals surface area contributed by atoms with Crippen molar-refractivity contribution in [2.24, 2.45) is 0 Å². The summed E-state index contributed by atoms with van der Waals surface area (Å²) in [6, 6.07) is 18.1. The van der Waals surface area contributed by atoms with Crippen molar-refractivity contribution in [2.75, 3.05) is 11.9 Å². The predicted molar refractivity (Wildman–Crippen MR) is 130 cm³/mol. The predicted octanol–water partition coefficient (Wildman–Crippen LogP) is 4.91. The highest BCUT2D eigenvalue weighted by Gasteiger charge is 2.13. The molecule has 9 heteroatoms. The van der Waals surface area contributed by atoms with Gasteiger partial charge in [-0.1, -0.05) is 23.7 Å². The average Bonchev–Trinajstić information content (AvgIpc) is 3.17. The second-order valence-corrected chi connectivity index (χ2v) is 7.78. The number of thiocarbonyl (C=S) groups is 1. The zero-order valence-electron chi connectivity index (χ0n) is 17.4. The summed E-state index contributed by atoms with van der Waals surface area (Å²) in [6.45, 7) is 4.48. The molecule has 0 spiro atoms. The number of benzene rings is 3. The van der Waals surface area contributed by atoms with Crippen molar-refractivity contribution in [3.05, 3.63) is 76.8 Å². The average molecular weight is 466 g/mol. The number of rotatable bonds is 5. The first-order valence-electron chi connectivity index (χ1n) is 9.92. The van der Waals surface area contributed by atoms with Gasteiger partial charge in [-0.05, 0) is 80.2 Å². The number of amides is 1. The number of fused-ring (bicyclic) bond motifs is 1. The van der Waals surface area contributed by atoms with E-state index in [0.29, 0.717) is 22.7 Å². The van der Waals surface area contributed by atoms with E-state index in [4.69, 9.17) is 28.6 Å². The Balaban J connectivity index is 1.52. The van der Waals surface area contributed by atoms with Crippen LogP contribution in [0.2, 0.25) is 5.02 Å². The van der Waals surface area contributed by atoms with Gasteiger partial charge in [-0.2, -0.15) is 4.80 Å². The van der Waals surface area contributed by atoms with Gasteiger partial charge in [0.25, 0.3) is 5.91 Å². The molecule has 0 aliphatic carbocycles. The molecule has 1 amide bonds. The number of anilines is 1. The molecule has 0 fully saturated rings. The second kappa shape index (κ2) is 9.33. The summed E-state index contributed by atoms with van der Waals surface area (Å²) < 4.78 is 5.48. The van der Waals surface area contributed by atoms with Crippen molar-refractivity contribution in [3.63, 3.8) is 0 Å².